The molecule has 0 aliphatic carbocycles. The van der Waals surface area contributed by atoms with Crippen LogP contribution in [0.4, 0.5) is 0 Å². The van der Waals surface area contributed by atoms with E-state index in [9.17, 15) is 4.79 Å². The highest BCUT2D eigenvalue weighted by Crippen LogP contribution is 2.36. The summed E-state index contributed by atoms with van der Waals surface area (Å²) in [5, 5.41) is 0.481. The third-order valence-corrected chi connectivity index (χ3v) is 5.94. The zero-order valence-electron chi connectivity index (χ0n) is 16.7. The molecule has 0 saturated heterocycles. The lowest BCUT2D eigenvalue weighted by Gasteiger charge is -2.24. The van der Waals surface area contributed by atoms with Crippen molar-refractivity contribution >= 4 is 17.7 Å². The van der Waals surface area contributed by atoms with E-state index in [1.165, 1.54) is 17.3 Å². The largest absolute Gasteiger partial charge is 0.342 e. The number of hydrogen-bond donors (Lipinski definition) is 1. The highest BCUT2D eigenvalue weighted by molar-refractivity contribution is 8.00. The fourth-order valence-electron chi connectivity index (χ4n) is 3.19. The van der Waals surface area contributed by atoms with E-state index in [0.29, 0.717) is 13.1 Å². The molecule has 0 aliphatic rings. The number of benzene rings is 2. The third-order valence-electron chi connectivity index (χ3n) is 4.81. The molecule has 146 valence electrons. The summed E-state index contributed by atoms with van der Waals surface area (Å²) in [4.78, 5) is 23.2. The number of aromatic nitrogens is 2. The number of carbonyl (C=O) groups excluding carboxylic acids is 1. The van der Waals surface area contributed by atoms with Gasteiger partial charge < -0.3 is 9.88 Å². The molecular formula is C23H27N3OS. The minimum atomic E-state index is -0.309. The zero-order valence-corrected chi connectivity index (χ0v) is 17.5. The molecule has 28 heavy (non-hydrogen) atoms. The van der Waals surface area contributed by atoms with Crippen molar-refractivity contribution in [2.24, 2.45) is 0 Å². The summed E-state index contributed by atoms with van der Waals surface area (Å²) in [6, 6.07) is 20.3. The summed E-state index contributed by atoms with van der Waals surface area (Å²) in [5.74, 6) is 0.125. The van der Waals surface area contributed by atoms with Gasteiger partial charge in [0.1, 0.15) is 5.25 Å². The lowest BCUT2D eigenvalue weighted by molar-refractivity contribution is -0.130. The SMILES string of the molecule is CCN(CC)C(=O)[C@H](Sc1nc(Cc2ccccc2)c(C)[nH]1)c1ccccc1. The molecule has 3 rings (SSSR count). The first-order chi connectivity index (χ1) is 13.6. The summed E-state index contributed by atoms with van der Waals surface area (Å²) >= 11 is 1.50. The number of likely N-dealkylation sites (N-methyl/N-ethyl adjacent to an activating group) is 1. The van der Waals surface area contributed by atoms with E-state index in [2.05, 4.69) is 17.1 Å². The second-order valence-corrected chi connectivity index (χ2v) is 7.79. The van der Waals surface area contributed by atoms with Gasteiger partial charge >= 0.3 is 0 Å². The molecular weight excluding hydrogens is 366 g/mol. The van der Waals surface area contributed by atoms with Gasteiger partial charge in [-0.15, -0.1) is 0 Å². The van der Waals surface area contributed by atoms with Crippen molar-refractivity contribution in [3.05, 3.63) is 83.2 Å². The lowest BCUT2D eigenvalue weighted by atomic mass is 10.1. The quantitative estimate of drug-likeness (QED) is 0.547. The third kappa shape index (κ3) is 4.84. The molecule has 4 nitrogen and oxygen atoms in total. The number of hydrogen-bond acceptors (Lipinski definition) is 3. The van der Waals surface area contributed by atoms with Gasteiger partial charge in [0.05, 0.1) is 5.69 Å². The predicted molar refractivity (Wildman–Crippen MR) is 116 cm³/mol. The monoisotopic (exact) mass is 393 g/mol. The molecule has 0 radical (unpaired) electrons. The van der Waals surface area contributed by atoms with Crippen LogP contribution in [0, 0.1) is 6.92 Å². The summed E-state index contributed by atoms with van der Waals surface area (Å²) < 4.78 is 0. The van der Waals surface area contributed by atoms with Gasteiger partial charge in [0.25, 0.3) is 0 Å². The summed E-state index contributed by atoms with van der Waals surface area (Å²) in [7, 11) is 0. The van der Waals surface area contributed by atoms with Crippen LogP contribution in [0.3, 0.4) is 0 Å². The van der Waals surface area contributed by atoms with Crippen molar-refractivity contribution in [2.45, 2.75) is 37.6 Å². The van der Waals surface area contributed by atoms with E-state index in [-0.39, 0.29) is 11.2 Å². The Balaban J connectivity index is 1.85. The Bertz CT molecular complexity index is 889. The maximum atomic E-state index is 13.2. The predicted octanol–water partition coefficient (Wildman–Crippen LogP) is 5.01. The first-order valence-electron chi connectivity index (χ1n) is 9.72. The maximum Gasteiger partial charge on any atom is 0.240 e. The van der Waals surface area contributed by atoms with E-state index in [4.69, 9.17) is 4.98 Å². The molecule has 1 amide bonds. The van der Waals surface area contributed by atoms with Crippen LogP contribution >= 0.6 is 11.8 Å². The second-order valence-electron chi connectivity index (χ2n) is 6.70. The Morgan fingerprint density at radius 2 is 1.64 bits per heavy atom. The number of carbonyl (C=O) groups is 1. The highest BCUT2D eigenvalue weighted by Gasteiger charge is 2.27. The number of amides is 1. The maximum absolute atomic E-state index is 13.2. The Hall–Kier alpha value is -2.53. The van der Waals surface area contributed by atoms with Gasteiger partial charge in [-0.25, -0.2) is 4.98 Å². The number of aromatic amines is 1. The molecule has 5 heteroatoms. The van der Waals surface area contributed by atoms with Crippen LogP contribution in [0.25, 0.3) is 0 Å². The van der Waals surface area contributed by atoms with Gasteiger partial charge in [-0.3, -0.25) is 4.79 Å². The fourth-order valence-corrected chi connectivity index (χ4v) is 4.33. The number of imidazole rings is 1. The van der Waals surface area contributed by atoms with Crippen LogP contribution in [0.1, 0.15) is 41.6 Å². The van der Waals surface area contributed by atoms with Crippen LogP contribution in [-0.2, 0) is 11.2 Å². The molecule has 0 spiro atoms. The Morgan fingerprint density at radius 3 is 2.25 bits per heavy atom. The van der Waals surface area contributed by atoms with Crippen molar-refractivity contribution in [3.8, 4) is 0 Å². The minimum Gasteiger partial charge on any atom is -0.342 e. The standard InChI is InChI=1S/C23H27N3OS/c1-4-26(5-2)22(27)21(19-14-10-7-11-15-19)28-23-24-17(3)20(25-23)16-18-12-8-6-9-13-18/h6-15,21H,4-5,16H2,1-3H3,(H,24,25)/t21-/m1/s1. The molecule has 0 fully saturated rings. The van der Waals surface area contributed by atoms with Crippen molar-refractivity contribution in [2.75, 3.05) is 13.1 Å². The Kier molecular flexibility index (Phi) is 6.93. The molecule has 1 atom stereocenters. The van der Waals surface area contributed by atoms with E-state index < -0.39 is 0 Å². The van der Waals surface area contributed by atoms with Crippen LogP contribution in [0.2, 0.25) is 0 Å². The average molecular weight is 394 g/mol. The van der Waals surface area contributed by atoms with Crippen LogP contribution in [0.15, 0.2) is 65.8 Å². The number of thioether (sulfide) groups is 1. The van der Waals surface area contributed by atoms with E-state index in [1.807, 2.05) is 74.2 Å². The van der Waals surface area contributed by atoms with Crippen LogP contribution < -0.4 is 0 Å². The number of nitrogens with zero attached hydrogens (tertiary/aromatic N) is 2. The van der Waals surface area contributed by atoms with Gasteiger partial charge in [-0.2, -0.15) is 0 Å². The molecule has 3 aromatic rings. The number of rotatable bonds is 8. The number of aryl methyl sites for hydroxylation is 1. The van der Waals surface area contributed by atoms with Crippen molar-refractivity contribution < 1.29 is 4.79 Å². The summed E-state index contributed by atoms with van der Waals surface area (Å²) in [6.07, 6.45) is 0.781. The molecule has 0 saturated carbocycles. The zero-order chi connectivity index (χ0) is 19.9. The van der Waals surface area contributed by atoms with Crippen molar-refractivity contribution in [3.63, 3.8) is 0 Å². The summed E-state index contributed by atoms with van der Waals surface area (Å²) in [5.41, 5.74) is 4.31. The van der Waals surface area contributed by atoms with Gasteiger partial charge in [-0.05, 0) is 31.9 Å². The number of nitrogens with one attached hydrogen (secondary N) is 1. The van der Waals surface area contributed by atoms with Crippen molar-refractivity contribution in [1.82, 2.24) is 14.9 Å². The first kappa shape index (κ1) is 20.2. The number of H-pyrrole nitrogens is 1. The molecule has 2 aromatic carbocycles. The van der Waals surface area contributed by atoms with Gasteiger partial charge in [-0.1, -0.05) is 72.4 Å². The van der Waals surface area contributed by atoms with E-state index >= 15 is 0 Å². The molecule has 0 aliphatic heterocycles. The molecule has 1 N–H and O–H groups in total. The fraction of sp³-hybridized carbons (Fsp3) is 0.304. The highest BCUT2D eigenvalue weighted by atomic mass is 32.2. The van der Waals surface area contributed by atoms with Crippen LogP contribution in [0.5, 0.6) is 0 Å². The smallest absolute Gasteiger partial charge is 0.240 e. The van der Waals surface area contributed by atoms with E-state index in [0.717, 1.165) is 28.5 Å². The lowest BCUT2D eigenvalue weighted by Crippen LogP contribution is -2.33. The molecule has 1 aromatic heterocycles. The molecule has 0 bridgehead atoms. The Labute approximate surface area is 171 Å². The first-order valence-corrected chi connectivity index (χ1v) is 10.6. The topological polar surface area (TPSA) is 49.0 Å². The molecule has 0 unspecified atom stereocenters. The normalized spacial score (nSPS) is 12.0. The van der Waals surface area contributed by atoms with Crippen LogP contribution in [-0.4, -0.2) is 33.9 Å². The van der Waals surface area contributed by atoms with Gasteiger partial charge in [0, 0.05) is 25.2 Å². The Morgan fingerprint density at radius 1 is 1.04 bits per heavy atom. The van der Waals surface area contributed by atoms with Crippen molar-refractivity contribution in [1.29, 1.82) is 0 Å². The average Bonchev–Trinajstić information content (AvgIpc) is 3.07. The summed E-state index contributed by atoms with van der Waals surface area (Å²) in [6.45, 7) is 7.48. The van der Waals surface area contributed by atoms with Gasteiger partial charge in [0.2, 0.25) is 5.91 Å². The second kappa shape index (κ2) is 9.60. The minimum absolute atomic E-state index is 0.125. The molecule has 1 heterocycles. The van der Waals surface area contributed by atoms with E-state index in [1.54, 1.807) is 0 Å². The van der Waals surface area contributed by atoms with Gasteiger partial charge in [0.15, 0.2) is 5.16 Å².